The van der Waals surface area contributed by atoms with Crippen molar-refractivity contribution in [2.24, 2.45) is 23.2 Å². The molecule has 37 nitrogen and oxygen atoms in total. The lowest BCUT2D eigenvalue weighted by Crippen LogP contribution is -2.72. The number of unbranched alkanes of at least 4 members (excludes halogenated alkanes) is 3. The van der Waals surface area contributed by atoms with Crippen molar-refractivity contribution < 1.29 is 146 Å². The zero-order chi connectivity index (χ0) is 81.7. The molecule has 113 heavy (non-hydrogen) atoms. The minimum atomic E-state index is -1.58. The Labute approximate surface area is 659 Å². The van der Waals surface area contributed by atoms with Crippen molar-refractivity contribution in [3.63, 3.8) is 0 Å². The maximum atomic E-state index is 14.5. The van der Waals surface area contributed by atoms with Gasteiger partial charge in [-0.3, -0.25) is 38.4 Å². The van der Waals surface area contributed by atoms with Crippen LogP contribution in [0.1, 0.15) is 163 Å². The Morgan fingerprint density at radius 2 is 0.938 bits per heavy atom. The van der Waals surface area contributed by atoms with Crippen LogP contribution in [0.5, 0.6) is 0 Å². The van der Waals surface area contributed by atoms with Gasteiger partial charge in [0.2, 0.25) is 41.4 Å². The molecule has 0 aromatic carbocycles. The van der Waals surface area contributed by atoms with E-state index in [1.54, 1.807) is 0 Å². The van der Waals surface area contributed by atoms with Crippen LogP contribution in [-0.4, -0.2) is 323 Å². The molecule has 5 saturated heterocycles. The number of aliphatic hydroxyl groups is 8. The molecule has 0 radical (unpaired) electrons. The number of cyclic esters (lactones) is 1. The third kappa shape index (κ3) is 26.9. The summed E-state index contributed by atoms with van der Waals surface area (Å²) in [5, 5.41) is 98.7. The van der Waals surface area contributed by atoms with E-state index in [0.29, 0.717) is 82.6 Å². The lowest BCUT2D eigenvalue weighted by molar-refractivity contribution is -0.270. The summed E-state index contributed by atoms with van der Waals surface area (Å²) in [6, 6.07) is 0. The van der Waals surface area contributed by atoms with Crippen LogP contribution < -0.4 is 37.2 Å². The maximum absolute atomic E-state index is 14.5. The lowest BCUT2D eigenvalue weighted by atomic mass is 9.49. The third-order valence-electron chi connectivity index (χ3n) is 22.4. The van der Waals surface area contributed by atoms with Crippen molar-refractivity contribution in [1.29, 1.82) is 0 Å². The normalized spacial score (nSPS) is 30.5. The molecule has 2 unspecified atom stereocenters. The number of esters is 2. The van der Waals surface area contributed by atoms with E-state index in [1.165, 1.54) is 0 Å². The van der Waals surface area contributed by atoms with Crippen LogP contribution in [0.3, 0.4) is 0 Å². The Balaban J connectivity index is 0.837. The monoisotopic (exact) mass is 1620 g/mol. The van der Waals surface area contributed by atoms with E-state index in [2.05, 4.69) is 58.0 Å². The van der Waals surface area contributed by atoms with Crippen LogP contribution in [0.2, 0.25) is 0 Å². The first kappa shape index (κ1) is 92.7. The molecule has 6 aliphatic heterocycles. The number of hydrogen-bond acceptors (Lipinski definition) is 30. The molecule has 0 bridgehead atoms. The van der Waals surface area contributed by atoms with E-state index in [0.717, 1.165) is 5.57 Å². The molecule has 18 atom stereocenters. The number of epoxide rings is 1. The zero-order valence-corrected chi connectivity index (χ0v) is 65.8. The summed E-state index contributed by atoms with van der Waals surface area (Å²) < 4.78 is 76.4. The fourth-order valence-corrected chi connectivity index (χ4v) is 15.9. The Morgan fingerprint density at radius 3 is 1.39 bits per heavy atom. The van der Waals surface area contributed by atoms with Crippen molar-refractivity contribution in [1.82, 2.24) is 37.2 Å². The molecular weight excluding hydrogens is 1490 g/mol. The lowest BCUT2D eigenvalue weighted by Gasteiger charge is -2.60. The van der Waals surface area contributed by atoms with E-state index < -0.39 is 126 Å². The summed E-state index contributed by atoms with van der Waals surface area (Å²) in [5.41, 5.74) is -2.39. The van der Waals surface area contributed by atoms with Crippen molar-refractivity contribution in [2.45, 2.75) is 259 Å². The fourth-order valence-electron chi connectivity index (χ4n) is 15.9. The summed E-state index contributed by atoms with van der Waals surface area (Å²) in [5.74, 6) is -3.74. The largest absolute Gasteiger partial charge is 0.459 e. The topological polar surface area (TPSA) is 523 Å². The molecule has 0 aromatic heterocycles. The molecule has 37 heteroatoms. The number of aliphatic hydroxyl groups excluding tert-OH is 8. The van der Waals surface area contributed by atoms with Crippen molar-refractivity contribution >= 4 is 53.3 Å². The summed E-state index contributed by atoms with van der Waals surface area (Å²) in [7, 11) is 0. The van der Waals surface area contributed by atoms with Gasteiger partial charge in [-0.2, -0.15) is 0 Å². The predicted molar refractivity (Wildman–Crippen MR) is 393 cm³/mol. The predicted octanol–water partition coefficient (Wildman–Crippen LogP) is -2.60. The minimum Gasteiger partial charge on any atom is -0.459 e. The molecule has 7 amide bonds. The highest BCUT2D eigenvalue weighted by Gasteiger charge is 2.84. The maximum Gasteiger partial charge on any atom is 0.334 e. The van der Waals surface area contributed by atoms with Crippen LogP contribution in [0.15, 0.2) is 11.1 Å². The van der Waals surface area contributed by atoms with Crippen LogP contribution in [0.25, 0.3) is 0 Å². The molecule has 15 N–H and O–H groups in total. The SMILES string of the molecule is CC(C)C1C[C@@H]2O[C@@]23[C@@]2(C)CCC4=C(COC4=O)C2CO[C@]3(C)[C@@H]1OC(=O)CCC(=O)NC(COCCC(=O)NCCCNC(=O)CCCCO[C@@H]1OC[C@@H](O)[C@H](O)[C@H]1O)(COCCC(=O)NCCCNC(=O)CCCCO[C@@H]1OC[C@@H](O)[C@H](O)[C@H]1O)COCCC(=O)NCCCNC(=O)CCCCO[C@@H]1OC[C@@H](O)C[C@H]1O. The van der Waals surface area contributed by atoms with Gasteiger partial charge in [0.15, 0.2) is 18.9 Å². The van der Waals surface area contributed by atoms with Crippen molar-refractivity contribution in [3.05, 3.63) is 11.1 Å². The number of rotatable bonds is 51. The van der Waals surface area contributed by atoms with Crippen LogP contribution in [0, 0.1) is 23.2 Å². The van der Waals surface area contributed by atoms with Crippen LogP contribution >= 0.6 is 0 Å². The highest BCUT2D eigenvalue weighted by Crippen LogP contribution is 2.73. The number of fused-ring (bicyclic) bond motifs is 2. The highest BCUT2D eigenvalue weighted by molar-refractivity contribution is 5.92. The van der Waals surface area contributed by atoms with E-state index in [-0.39, 0.29) is 237 Å². The van der Waals surface area contributed by atoms with Gasteiger partial charge in [-0.1, -0.05) is 20.8 Å². The summed E-state index contributed by atoms with van der Waals surface area (Å²) in [6.45, 7) is 8.77. The average Bonchev–Trinajstić information content (AvgIpc) is 1.47. The van der Waals surface area contributed by atoms with Gasteiger partial charge >= 0.3 is 11.9 Å². The Kier molecular flexibility index (Phi) is 37.6. The molecule has 1 spiro atoms. The molecule has 0 aromatic rings. The smallest absolute Gasteiger partial charge is 0.334 e. The number of carbonyl (C=O) groups excluding carboxylic acids is 9. The molecule has 6 fully saturated rings. The Hall–Kier alpha value is -5.79. The quantitative estimate of drug-likeness (QED) is 0.0169. The fraction of sp³-hybridized carbons (Fsp3) is 0.855. The number of hydrogen-bond donors (Lipinski definition) is 15. The molecule has 6 heterocycles. The van der Waals surface area contributed by atoms with Crippen molar-refractivity contribution in [3.8, 4) is 0 Å². The number of nitrogens with one attached hydrogen (secondary N) is 7. The minimum absolute atomic E-state index is 0.0279. The molecule has 1 saturated carbocycles. The van der Waals surface area contributed by atoms with Gasteiger partial charge < -0.3 is 140 Å². The molecule has 8 rings (SSSR count). The second-order valence-corrected chi connectivity index (χ2v) is 31.4. The van der Waals surface area contributed by atoms with Gasteiger partial charge in [-0.15, -0.1) is 0 Å². The Bertz CT molecular complexity index is 3010. The van der Waals surface area contributed by atoms with E-state index in [1.807, 2.05) is 6.92 Å². The second-order valence-electron chi connectivity index (χ2n) is 31.4. The molecule has 644 valence electrons. The highest BCUT2D eigenvalue weighted by atomic mass is 16.7. The number of ether oxygens (including phenoxy) is 13. The van der Waals surface area contributed by atoms with Gasteiger partial charge in [0.05, 0.1) is 84.7 Å². The molecule has 2 aliphatic carbocycles. The van der Waals surface area contributed by atoms with Crippen molar-refractivity contribution in [2.75, 3.05) is 132 Å². The first-order chi connectivity index (χ1) is 54.1. The van der Waals surface area contributed by atoms with Gasteiger partial charge in [-0.25, -0.2) is 4.79 Å². The first-order valence-electron chi connectivity index (χ1n) is 40.3. The standard InChI is InChI=1S/C76H125N7O30/c1-46(2)49-37-55-76(113-55)73(3)23-19-48-50(39-107-69(48)100)51(73)40-111-74(76,4)68(49)112-63(95)18-17-62(94)83-75(43-101-33-20-59(91)80-27-11-24-77-56(88)14-5-8-30-104-70-52(85)36-47(84)38-108-70,44-102-34-21-60(92)81-28-12-25-78-57(89)15-6-9-31-105-71-66(98)64(96)53(86)41-109-71)45-103-35-22-61(93)82-29-13-26-79-58(90)16-7-10-32-106-72-67(99)65(97)54(87)42-110-72/h46-47,49,51-55,64-68,70-72,84-87,96-99H,5-45H2,1-4H3,(H,77,88)(H,78,89)(H,79,90)(H,80,91)(H,81,92)(H,82,93)(H,83,94)/t47-,49?,51?,52+,53+,54+,55-,64-,65-,66+,67+,68+,70+,71+,72+,73-,74+,76+/m0/s1. The third-order valence-corrected chi connectivity index (χ3v) is 22.4. The van der Waals surface area contributed by atoms with Gasteiger partial charge in [0.1, 0.15) is 72.2 Å². The molecule has 8 aliphatic rings. The van der Waals surface area contributed by atoms with E-state index >= 15 is 0 Å². The van der Waals surface area contributed by atoms with Gasteiger partial charge in [-0.05, 0) is 95.5 Å². The second kappa shape index (κ2) is 45.8. The Morgan fingerprint density at radius 1 is 0.496 bits per heavy atom. The summed E-state index contributed by atoms with van der Waals surface area (Å²) in [6.07, 6.45) is -8.47. The number of amides is 7. The van der Waals surface area contributed by atoms with Gasteiger partial charge in [0.25, 0.3) is 0 Å². The van der Waals surface area contributed by atoms with Gasteiger partial charge in [0, 0.05) is 133 Å². The van der Waals surface area contributed by atoms with E-state index in [4.69, 9.17) is 61.6 Å². The number of carbonyl (C=O) groups is 9. The summed E-state index contributed by atoms with van der Waals surface area (Å²) in [4.78, 5) is 119. The first-order valence-corrected chi connectivity index (χ1v) is 40.3. The zero-order valence-electron chi connectivity index (χ0n) is 65.8. The average molecular weight is 1620 g/mol. The van der Waals surface area contributed by atoms with Crippen LogP contribution in [0.4, 0.5) is 0 Å². The van der Waals surface area contributed by atoms with E-state index in [9.17, 15) is 84.0 Å². The summed E-state index contributed by atoms with van der Waals surface area (Å²) >= 11 is 0. The molecular formula is C76H125N7O30. The van der Waals surface area contributed by atoms with Crippen LogP contribution in [-0.2, 0) is 105 Å².